The summed E-state index contributed by atoms with van der Waals surface area (Å²) >= 11 is 0. The lowest BCUT2D eigenvalue weighted by Crippen LogP contribution is -2.45. The molecular weight excluding hydrogens is 184 g/mol. The van der Waals surface area contributed by atoms with Gasteiger partial charge in [-0.2, -0.15) is 0 Å². The predicted octanol–water partition coefficient (Wildman–Crippen LogP) is 2.35. The van der Waals surface area contributed by atoms with E-state index in [2.05, 4.69) is 38.0 Å². The number of rotatable bonds is 5. The normalized spacial score (nSPS) is 24.0. The van der Waals surface area contributed by atoms with Crippen LogP contribution in [0.5, 0.6) is 0 Å². The van der Waals surface area contributed by atoms with Crippen molar-refractivity contribution < 1.29 is 0 Å². The lowest BCUT2D eigenvalue weighted by Gasteiger charge is -2.34. The summed E-state index contributed by atoms with van der Waals surface area (Å²) in [5, 5.41) is 3.47. The molecule has 0 spiro atoms. The average molecular weight is 212 g/mol. The summed E-state index contributed by atoms with van der Waals surface area (Å²) in [7, 11) is 2.10. The molecule has 1 fully saturated rings. The van der Waals surface area contributed by atoms with Crippen molar-refractivity contribution >= 4 is 0 Å². The largest absolute Gasteiger partial charge is 0.315 e. The van der Waals surface area contributed by atoms with Crippen molar-refractivity contribution in [3.8, 4) is 0 Å². The van der Waals surface area contributed by atoms with Gasteiger partial charge < -0.3 is 10.2 Å². The quantitative estimate of drug-likeness (QED) is 0.752. The Kier molecular flexibility index (Phi) is 5.62. The summed E-state index contributed by atoms with van der Waals surface area (Å²) in [5.41, 5.74) is 0. The third kappa shape index (κ3) is 4.12. The van der Waals surface area contributed by atoms with E-state index in [4.69, 9.17) is 0 Å². The fourth-order valence-electron chi connectivity index (χ4n) is 2.36. The second kappa shape index (κ2) is 6.49. The Balaban J connectivity index is 2.32. The van der Waals surface area contributed by atoms with Crippen LogP contribution in [0.25, 0.3) is 0 Å². The molecule has 90 valence electrons. The predicted molar refractivity (Wildman–Crippen MR) is 67.1 cm³/mol. The van der Waals surface area contributed by atoms with Gasteiger partial charge in [0.2, 0.25) is 0 Å². The number of hydrogen-bond acceptors (Lipinski definition) is 2. The van der Waals surface area contributed by atoms with E-state index < -0.39 is 0 Å². The number of nitrogens with zero attached hydrogens (tertiary/aromatic N) is 1. The molecule has 0 aromatic carbocycles. The van der Waals surface area contributed by atoms with Gasteiger partial charge >= 0.3 is 0 Å². The van der Waals surface area contributed by atoms with Crippen LogP contribution in [0.15, 0.2) is 0 Å². The van der Waals surface area contributed by atoms with Crippen molar-refractivity contribution in [1.29, 1.82) is 0 Å². The summed E-state index contributed by atoms with van der Waals surface area (Å²) < 4.78 is 0. The summed E-state index contributed by atoms with van der Waals surface area (Å²) in [6, 6.07) is 0.670. The zero-order chi connectivity index (χ0) is 11.3. The number of nitrogens with one attached hydrogen (secondary N) is 1. The first-order chi connectivity index (χ1) is 7.17. The molecule has 1 heterocycles. The van der Waals surface area contributed by atoms with E-state index in [0.29, 0.717) is 6.04 Å². The zero-order valence-electron chi connectivity index (χ0n) is 10.9. The van der Waals surface area contributed by atoms with Crippen molar-refractivity contribution in [3.63, 3.8) is 0 Å². The molecular formula is C13H28N2. The molecule has 0 aliphatic carbocycles. The van der Waals surface area contributed by atoms with Crippen LogP contribution in [0, 0.1) is 11.8 Å². The molecule has 2 heteroatoms. The lowest BCUT2D eigenvalue weighted by molar-refractivity contribution is 0.161. The first-order valence-corrected chi connectivity index (χ1v) is 6.57. The maximum Gasteiger partial charge on any atom is 0.0217 e. The third-order valence-electron chi connectivity index (χ3n) is 4.03. The van der Waals surface area contributed by atoms with E-state index in [9.17, 15) is 0 Å². The van der Waals surface area contributed by atoms with Crippen LogP contribution in [-0.4, -0.2) is 37.6 Å². The standard InChI is InChI=1S/C13H28N2/c1-5-12(3)13(14-4)10-15-8-6-11(2)7-9-15/h11-14H,5-10H2,1-4H3. The number of likely N-dealkylation sites (tertiary alicyclic amines) is 1. The Morgan fingerprint density at radius 2 is 1.93 bits per heavy atom. The Morgan fingerprint density at radius 3 is 2.40 bits per heavy atom. The molecule has 2 atom stereocenters. The molecule has 0 bridgehead atoms. The van der Waals surface area contributed by atoms with E-state index in [1.165, 1.54) is 38.9 Å². The highest BCUT2D eigenvalue weighted by Crippen LogP contribution is 2.17. The van der Waals surface area contributed by atoms with Crippen LogP contribution < -0.4 is 5.32 Å². The summed E-state index contributed by atoms with van der Waals surface area (Å²) in [6.07, 6.45) is 4.05. The van der Waals surface area contributed by atoms with E-state index in [-0.39, 0.29) is 0 Å². The fraction of sp³-hybridized carbons (Fsp3) is 1.00. The summed E-state index contributed by atoms with van der Waals surface area (Å²) in [5.74, 6) is 1.73. The van der Waals surface area contributed by atoms with Gasteiger partial charge in [-0.15, -0.1) is 0 Å². The average Bonchev–Trinajstić information content (AvgIpc) is 2.27. The van der Waals surface area contributed by atoms with Crippen LogP contribution in [0.2, 0.25) is 0 Å². The van der Waals surface area contributed by atoms with Crippen molar-refractivity contribution in [1.82, 2.24) is 10.2 Å². The molecule has 2 nitrogen and oxygen atoms in total. The molecule has 1 aliphatic rings. The van der Waals surface area contributed by atoms with E-state index in [0.717, 1.165) is 11.8 Å². The molecule has 0 aromatic heterocycles. The maximum absolute atomic E-state index is 3.47. The van der Waals surface area contributed by atoms with Gasteiger partial charge in [-0.05, 0) is 44.8 Å². The second-order valence-electron chi connectivity index (χ2n) is 5.26. The SMILES string of the molecule is CCC(C)C(CN1CCC(C)CC1)NC. The topological polar surface area (TPSA) is 15.3 Å². The van der Waals surface area contributed by atoms with Crippen molar-refractivity contribution in [3.05, 3.63) is 0 Å². The molecule has 1 saturated heterocycles. The zero-order valence-corrected chi connectivity index (χ0v) is 10.9. The molecule has 0 aromatic rings. The first-order valence-electron chi connectivity index (χ1n) is 6.57. The van der Waals surface area contributed by atoms with E-state index >= 15 is 0 Å². The minimum Gasteiger partial charge on any atom is -0.315 e. The maximum atomic E-state index is 3.47. The van der Waals surface area contributed by atoms with Gasteiger partial charge in [0.25, 0.3) is 0 Å². The molecule has 0 radical (unpaired) electrons. The Morgan fingerprint density at radius 1 is 1.33 bits per heavy atom. The second-order valence-corrected chi connectivity index (χ2v) is 5.26. The van der Waals surface area contributed by atoms with Crippen LogP contribution in [0.3, 0.4) is 0 Å². The molecule has 1 aliphatic heterocycles. The lowest BCUT2D eigenvalue weighted by atomic mass is 9.95. The Bertz CT molecular complexity index is 162. The smallest absolute Gasteiger partial charge is 0.0217 e. The number of piperidine rings is 1. The molecule has 1 N–H and O–H groups in total. The van der Waals surface area contributed by atoms with Crippen molar-refractivity contribution in [2.45, 2.75) is 46.1 Å². The molecule has 1 rings (SSSR count). The summed E-state index contributed by atoms with van der Waals surface area (Å²) in [4.78, 5) is 2.63. The van der Waals surface area contributed by atoms with Gasteiger partial charge in [-0.3, -0.25) is 0 Å². The first kappa shape index (κ1) is 13.0. The van der Waals surface area contributed by atoms with Gasteiger partial charge in [0.05, 0.1) is 0 Å². The van der Waals surface area contributed by atoms with Crippen LogP contribution in [-0.2, 0) is 0 Å². The number of likely N-dealkylation sites (N-methyl/N-ethyl adjacent to an activating group) is 1. The van der Waals surface area contributed by atoms with Gasteiger partial charge in [-0.1, -0.05) is 27.2 Å². The van der Waals surface area contributed by atoms with Crippen LogP contribution in [0.4, 0.5) is 0 Å². The number of hydrogen-bond donors (Lipinski definition) is 1. The van der Waals surface area contributed by atoms with Gasteiger partial charge in [0.15, 0.2) is 0 Å². The minimum atomic E-state index is 0.670. The van der Waals surface area contributed by atoms with Gasteiger partial charge in [0.1, 0.15) is 0 Å². The van der Waals surface area contributed by atoms with Crippen LogP contribution in [0.1, 0.15) is 40.0 Å². The van der Waals surface area contributed by atoms with E-state index in [1.54, 1.807) is 0 Å². The fourth-order valence-corrected chi connectivity index (χ4v) is 2.36. The minimum absolute atomic E-state index is 0.670. The summed E-state index contributed by atoms with van der Waals surface area (Å²) in [6.45, 7) is 10.9. The van der Waals surface area contributed by atoms with Crippen molar-refractivity contribution in [2.75, 3.05) is 26.7 Å². The highest BCUT2D eigenvalue weighted by molar-refractivity contribution is 4.78. The highest BCUT2D eigenvalue weighted by atomic mass is 15.2. The van der Waals surface area contributed by atoms with Crippen LogP contribution >= 0.6 is 0 Å². The Labute approximate surface area is 95.4 Å². The van der Waals surface area contributed by atoms with Gasteiger partial charge in [0, 0.05) is 12.6 Å². The van der Waals surface area contributed by atoms with E-state index in [1.807, 2.05) is 0 Å². The van der Waals surface area contributed by atoms with Gasteiger partial charge in [-0.25, -0.2) is 0 Å². The molecule has 2 unspecified atom stereocenters. The highest BCUT2D eigenvalue weighted by Gasteiger charge is 2.21. The monoisotopic (exact) mass is 212 g/mol. The molecule has 0 amide bonds. The third-order valence-corrected chi connectivity index (χ3v) is 4.03. The Hall–Kier alpha value is -0.0800. The van der Waals surface area contributed by atoms with Crippen molar-refractivity contribution in [2.24, 2.45) is 11.8 Å². The molecule has 15 heavy (non-hydrogen) atoms. The molecule has 0 saturated carbocycles.